The first-order chi connectivity index (χ1) is 13.2. The first-order valence-electron chi connectivity index (χ1n) is 8.71. The van der Waals surface area contributed by atoms with Crippen LogP contribution in [0.5, 0.6) is 0 Å². The molecule has 1 aromatic heterocycles. The lowest BCUT2D eigenvalue weighted by atomic mass is 9.77. The van der Waals surface area contributed by atoms with Crippen molar-refractivity contribution >= 4 is 17.2 Å². The van der Waals surface area contributed by atoms with Crippen LogP contribution in [-0.2, 0) is 0 Å². The summed E-state index contributed by atoms with van der Waals surface area (Å²) < 4.78 is 14.2. The second-order valence-electron chi connectivity index (χ2n) is 6.63. The molecule has 7 heteroatoms. The van der Waals surface area contributed by atoms with Gasteiger partial charge in [0.25, 0.3) is 5.91 Å². The van der Waals surface area contributed by atoms with E-state index in [1.807, 2.05) is 36.4 Å². The number of benzene rings is 2. The van der Waals surface area contributed by atoms with Gasteiger partial charge < -0.3 is 10.6 Å². The van der Waals surface area contributed by atoms with E-state index in [1.165, 1.54) is 18.5 Å². The van der Waals surface area contributed by atoms with E-state index in [0.29, 0.717) is 23.6 Å². The fourth-order valence-corrected chi connectivity index (χ4v) is 3.98. The van der Waals surface area contributed by atoms with Crippen LogP contribution in [0.2, 0.25) is 0 Å². The number of carbonyl (C=O) groups is 1. The molecule has 0 radical (unpaired) electrons. The Hall–Kier alpha value is -3.48. The number of nitrogens with one attached hydrogen (secondary N) is 3. The lowest BCUT2D eigenvalue weighted by molar-refractivity contribution is 0.0958. The maximum absolute atomic E-state index is 14.2. The van der Waals surface area contributed by atoms with Crippen LogP contribution in [0.3, 0.4) is 0 Å². The van der Waals surface area contributed by atoms with Crippen molar-refractivity contribution in [1.29, 1.82) is 0 Å². The van der Waals surface area contributed by atoms with Crippen molar-refractivity contribution in [3.05, 3.63) is 83.2 Å². The van der Waals surface area contributed by atoms with Gasteiger partial charge in [0.05, 0.1) is 17.5 Å². The van der Waals surface area contributed by atoms with Crippen LogP contribution in [0, 0.1) is 5.82 Å². The van der Waals surface area contributed by atoms with E-state index >= 15 is 0 Å². The van der Waals surface area contributed by atoms with E-state index in [-0.39, 0.29) is 17.9 Å². The molecule has 0 saturated heterocycles. The number of hydrogen-bond donors (Lipinski definition) is 3. The minimum Gasteiger partial charge on any atom is -0.377 e. The Morgan fingerprint density at radius 3 is 2.78 bits per heavy atom. The average Bonchev–Trinajstić information content (AvgIpc) is 3.16. The van der Waals surface area contributed by atoms with E-state index in [1.54, 1.807) is 0 Å². The van der Waals surface area contributed by atoms with Crippen molar-refractivity contribution in [3.63, 3.8) is 0 Å². The van der Waals surface area contributed by atoms with Crippen LogP contribution in [0.1, 0.15) is 39.3 Å². The number of nitrogens with zero attached hydrogens (tertiary/aromatic N) is 2. The quantitative estimate of drug-likeness (QED) is 0.655. The number of hydrogen-bond acceptors (Lipinski definition) is 4. The number of rotatable bonds is 2. The highest BCUT2D eigenvalue weighted by molar-refractivity contribution is 6.04. The highest BCUT2D eigenvalue weighted by Crippen LogP contribution is 2.50. The van der Waals surface area contributed by atoms with Gasteiger partial charge in [-0.15, -0.1) is 0 Å². The van der Waals surface area contributed by atoms with Gasteiger partial charge >= 0.3 is 0 Å². The highest BCUT2D eigenvalue weighted by atomic mass is 19.1. The lowest BCUT2D eigenvalue weighted by Gasteiger charge is -2.36. The Morgan fingerprint density at radius 1 is 1.15 bits per heavy atom. The summed E-state index contributed by atoms with van der Waals surface area (Å²) in [5.41, 5.74) is 3.64. The molecule has 2 aliphatic heterocycles. The number of H-pyrrole nitrogens is 1. The van der Waals surface area contributed by atoms with E-state index < -0.39 is 5.82 Å². The highest BCUT2D eigenvalue weighted by Gasteiger charge is 2.39. The Kier molecular flexibility index (Phi) is 3.53. The molecule has 3 N–H and O–H groups in total. The summed E-state index contributed by atoms with van der Waals surface area (Å²) >= 11 is 0. The fraction of sp³-hybridized carbons (Fsp3) is 0.150. The van der Waals surface area contributed by atoms with Gasteiger partial charge in [0.15, 0.2) is 0 Å². The van der Waals surface area contributed by atoms with Gasteiger partial charge in [-0.05, 0) is 23.3 Å². The Bertz CT molecular complexity index is 1050. The van der Waals surface area contributed by atoms with Crippen molar-refractivity contribution in [3.8, 4) is 0 Å². The Labute approximate surface area is 154 Å². The van der Waals surface area contributed by atoms with Crippen LogP contribution < -0.4 is 10.6 Å². The molecule has 0 aliphatic carbocycles. The molecule has 0 spiro atoms. The summed E-state index contributed by atoms with van der Waals surface area (Å²) in [6.45, 7) is 0.371. The predicted octanol–water partition coefficient (Wildman–Crippen LogP) is 3.02. The summed E-state index contributed by atoms with van der Waals surface area (Å²) in [5, 5.41) is 13.2. The van der Waals surface area contributed by atoms with E-state index in [2.05, 4.69) is 25.8 Å². The average molecular weight is 361 g/mol. The van der Waals surface area contributed by atoms with Crippen LogP contribution >= 0.6 is 0 Å². The summed E-state index contributed by atoms with van der Waals surface area (Å²) in [6.07, 6.45) is 3.45. The normalized spacial score (nSPS) is 20.8. The van der Waals surface area contributed by atoms with Crippen molar-refractivity contribution in [1.82, 2.24) is 20.5 Å². The second-order valence-corrected chi connectivity index (χ2v) is 6.63. The Balaban J connectivity index is 1.78. The van der Waals surface area contributed by atoms with Crippen molar-refractivity contribution in [2.24, 2.45) is 0 Å². The summed E-state index contributed by atoms with van der Waals surface area (Å²) in [4.78, 5) is 16.8. The van der Waals surface area contributed by atoms with Gasteiger partial charge in [-0.1, -0.05) is 36.4 Å². The minimum absolute atomic E-state index is 0.180. The van der Waals surface area contributed by atoms with Gasteiger partial charge in [0.2, 0.25) is 0 Å². The van der Waals surface area contributed by atoms with E-state index in [4.69, 9.17) is 0 Å². The SMILES string of the molecule is O=C1NCC=C2c3c(cc(F)cc31)NC(c1ccccc1)C2c1ncn[nH]1. The van der Waals surface area contributed by atoms with Gasteiger partial charge in [-0.3, -0.25) is 9.89 Å². The van der Waals surface area contributed by atoms with Crippen molar-refractivity contribution < 1.29 is 9.18 Å². The number of amides is 1. The molecule has 5 rings (SSSR count). The molecular weight excluding hydrogens is 345 g/mol. The number of halogens is 1. The molecular formula is C20H16FN5O. The molecule has 0 bridgehead atoms. The van der Waals surface area contributed by atoms with Crippen LogP contribution in [-0.4, -0.2) is 27.6 Å². The topological polar surface area (TPSA) is 82.7 Å². The molecule has 2 atom stereocenters. The number of carbonyl (C=O) groups excluding carboxylic acids is 1. The zero-order valence-electron chi connectivity index (χ0n) is 14.2. The van der Waals surface area contributed by atoms with Gasteiger partial charge in [0.1, 0.15) is 18.0 Å². The molecule has 3 heterocycles. The third-order valence-electron chi connectivity index (χ3n) is 5.09. The first kappa shape index (κ1) is 15.7. The molecule has 0 saturated carbocycles. The zero-order chi connectivity index (χ0) is 18.4. The molecule has 2 unspecified atom stereocenters. The van der Waals surface area contributed by atoms with E-state index in [9.17, 15) is 9.18 Å². The van der Waals surface area contributed by atoms with Crippen molar-refractivity contribution in [2.45, 2.75) is 12.0 Å². The minimum atomic E-state index is -0.447. The van der Waals surface area contributed by atoms with Crippen molar-refractivity contribution in [2.75, 3.05) is 11.9 Å². The molecule has 134 valence electrons. The van der Waals surface area contributed by atoms with E-state index in [0.717, 1.165) is 16.7 Å². The van der Waals surface area contributed by atoms with Gasteiger partial charge in [-0.2, -0.15) is 5.10 Å². The molecule has 27 heavy (non-hydrogen) atoms. The first-order valence-corrected chi connectivity index (χ1v) is 8.71. The van der Waals surface area contributed by atoms with Crippen LogP contribution in [0.25, 0.3) is 5.57 Å². The van der Waals surface area contributed by atoms with Gasteiger partial charge in [-0.25, -0.2) is 9.37 Å². The smallest absolute Gasteiger partial charge is 0.252 e. The summed E-state index contributed by atoms with van der Waals surface area (Å²) in [7, 11) is 0. The molecule has 0 fully saturated rings. The maximum Gasteiger partial charge on any atom is 0.252 e. The summed E-state index contributed by atoms with van der Waals surface area (Å²) in [6, 6.07) is 12.5. The van der Waals surface area contributed by atoms with Gasteiger partial charge in [0, 0.05) is 17.8 Å². The molecule has 3 aromatic rings. The summed E-state index contributed by atoms with van der Waals surface area (Å²) in [5.74, 6) is -0.233. The second kappa shape index (κ2) is 6.05. The third kappa shape index (κ3) is 2.51. The number of anilines is 1. The Morgan fingerprint density at radius 2 is 2.00 bits per heavy atom. The zero-order valence-corrected chi connectivity index (χ0v) is 14.2. The van der Waals surface area contributed by atoms with Crippen LogP contribution in [0.4, 0.5) is 10.1 Å². The molecule has 1 amide bonds. The molecule has 2 aliphatic rings. The standard InChI is InChI=1S/C20H16FN5O/c21-12-8-14-16-13(6-7-22-20(14)27)17(19-23-10-24-26-19)18(25-15(16)9-12)11-4-2-1-3-5-11/h1-6,8-10,17-18,25H,7H2,(H,22,27)(H,23,24,26). The van der Waals surface area contributed by atoms with Crippen LogP contribution in [0.15, 0.2) is 54.9 Å². The molecule has 6 nitrogen and oxygen atoms in total. The largest absolute Gasteiger partial charge is 0.377 e. The monoisotopic (exact) mass is 361 g/mol. The predicted molar refractivity (Wildman–Crippen MR) is 98.6 cm³/mol. The lowest BCUT2D eigenvalue weighted by Crippen LogP contribution is -2.28. The number of aromatic amines is 1. The fourth-order valence-electron chi connectivity index (χ4n) is 3.98. The maximum atomic E-state index is 14.2. The third-order valence-corrected chi connectivity index (χ3v) is 5.09. The molecule has 2 aromatic carbocycles. The number of aromatic nitrogens is 3.